The molecule has 4 heteroatoms. The molecule has 0 aliphatic heterocycles. The summed E-state index contributed by atoms with van der Waals surface area (Å²) in [6.45, 7) is 0. The van der Waals surface area contributed by atoms with Gasteiger partial charge in [-0.3, -0.25) is 0 Å². The normalized spacial score (nSPS) is 10.8. The summed E-state index contributed by atoms with van der Waals surface area (Å²) in [5, 5.41) is 19.7. The van der Waals surface area contributed by atoms with Crippen LogP contribution in [0.4, 0.5) is 0 Å². The molecule has 2 aromatic carbocycles. The molecule has 0 bridgehead atoms. The van der Waals surface area contributed by atoms with Crippen LogP contribution in [0.25, 0.3) is 22.3 Å². The van der Waals surface area contributed by atoms with Gasteiger partial charge in [-0.15, -0.1) is 0 Å². The van der Waals surface area contributed by atoms with Gasteiger partial charge in [-0.1, -0.05) is 0 Å². The lowest BCUT2D eigenvalue weighted by molar-refractivity contribution is 0.378. The van der Waals surface area contributed by atoms with Gasteiger partial charge >= 0.3 is 0 Å². The Hall–Kier alpha value is -2.62. The molecule has 0 unspecified atom stereocenters. The van der Waals surface area contributed by atoms with Crippen molar-refractivity contribution in [2.45, 2.75) is 0 Å². The topological polar surface area (TPSA) is 62.8 Å². The minimum Gasteiger partial charge on any atom is -0.508 e. The molecule has 0 saturated heterocycles. The van der Waals surface area contributed by atoms with Gasteiger partial charge in [-0.25, -0.2) is 0 Å². The summed E-state index contributed by atoms with van der Waals surface area (Å²) in [5.74, 6) is 1.33. The molecular weight excluding hydrogens is 244 g/mol. The number of phenolic OH excluding ortho intramolecular Hbond substituents is 2. The number of hydrogen-bond donors (Lipinski definition) is 2. The Bertz CT molecular complexity index is 726. The minimum absolute atomic E-state index is 0.0769. The van der Waals surface area contributed by atoms with Crippen LogP contribution in [0.15, 0.2) is 46.9 Å². The minimum atomic E-state index is 0.0769. The lowest BCUT2D eigenvalue weighted by Gasteiger charge is -2.02. The second kappa shape index (κ2) is 4.24. The van der Waals surface area contributed by atoms with E-state index in [1.165, 1.54) is 13.2 Å². The van der Waals surface area contributed by atoms with Crippen LogP contribution in [-0.4, -0.2) is 17.3 Å². The number of phenols is 2. The first-order valence-corrected chi connectivity index (χ1v) is 5.78. The second-order valence-electron chi connectivity index (χ2n) is 4.19. The number of benzene rings is 2. The number of aromatic hydroxyl groups is 2. The summed E-state index contributed by atoms with van der Waals surface area (Å²) in [7, 11) is 1.50. The molecule has 0 fully saturated rings. The molecular formula is C15H12O4. The fraction of sp³-hybridized carbons (Fsp3) is 0.0667. The monoisotopic (exact) mass is 256 g/mol. The van der Waals surface area contributed by atoms with Crippen LogP contribution < -0.4 is 4.74 Å². The van der Waals surface area contributed by atoms with Crippen molar-refractivity contribution in [2.75, 3.05) is 7.11 Å². The molecule has 1 heterocycles. The number of methoxy groups -OCH3 is 1. The summed E-state index contributed by atoms with van der Waals surface area (Å²) in [6.07, 6.45) is 0. The predicted octanol–water partition coefficient (Wildman–Crippen LogP) is 3.52. The molecule has 0 atom stereocenters. The lowest BCUT2D eigenvalue weighted by atomic mass is 10.1. The van der Waals surface area contributed by atoms with Crippen LogP contribution in [0.3, 0.4) is 0 Å². The third-order valence-electron chi connectivity index (χ3n) is 2.99. The van der Waals surface area contributed by atoms with E-state index in [-0.39, 0.29) is 11.5 Å². The molecule has 96 valence electrons. The maximum Gasteiger partial charge on any atom is 0.171 e. The summed E-state index contributed by atoms with van der Waals surface area (Å²) < 4.78 is 10.9. The van der Waals surface area contributed by atoms with E-state index in [9.17, 15) is 10.2 Å². The van der Waals surface area contributed by atoms with E-state index in [1.54, 1.807) is 36.4 Å². The van der Waals surface area contributed by atoms with Crippen LogP contribution in [-0.2, 0) is 0 Å². The molecule has 19 heavy (non-hydrogen) atoms. The average molecular weight is 256 g/mol. The Balaban J connectivity index is 2.19. The molecule has 0 aliphatic carbocycles. The van der Waals surface area contributed by atoms with Crippen LogP contribution in [0.2, 0.25) is 0 Å². The highest BCUT2D eigenvalue weighted by molar-refractivity contribution is 5.90. The molecule has 3 rings (SSSR count). The molecule has 4 nitrogen and oxygen atoms in total. The third kappa shape index (κ3) is 1.87. The Morgan fingerprint density at radius 3 is 2.42 bits per heavy atom. The van der Waals surface area contributed by atoms with Crippen molar-refractivity contribution in [3.05, 3.63) is 42.5 Å². The Labute approximate surface area is 109 Å². The van der Waals surface area contributed by atoms with Crippen molar-refractivity contribution in [3.8, 4) is 28.6 Å². The summed E-state index contributed by atoms with van der Waals surface area (Å²) in [5.41, 5.74) is 1.48. The fourth-order valence-electron chi connectivity index (χ4n) is 2.06. The molecule has 0 amide bonds. The first kappa shape index (κ1) is 11.5. The first-order valence-electron chi connectivity index (χ1n) is 5.78. The number of rotatable bonds is 2. The Kier molecular flexibility index (Phi) is 2.56. The van der Waals surface area contributed by atoms with Crippen molar-refractivity contribution in [2.24, 2.45) is 0 Å². The van der Waals surface area contributed by atoms with E-state index >= 15 is 0 Å². The van der Waals surface area contributed by atoms with E-state index in [1.807, 2.05) is 0 Å². The number of ether oxygens (including phenoxy) is 1. The van der Waals surface area contributed by atoms with Gasteiger partial charge in [0.15, 0.2) is 11.5 Å². The van der Waals surface area contributed by atoms with Crippen molar-refractivity contribution in [3.63, 3.8) is 0 Å². The van der Waals surface area contributed by atoms with Crippen molar-refractivity contribution < 1.29 is 19.4 Å². The van der Waals surface area contributed by atoms with Gasteiger partial charge in [-0.05, 0) is 42.5 Å². The highest BCUT2D eigenvalue weighted by atomic mass is 16.5. The molecule has 2 N–H and O–H groups in total. The summed E-state index contributed by atoms with van der Waals surface area (Å²) in [4.78, 5) is 0. The third-order valence-corrected chi connectivity index (χ3v) is 2.99. The van der Waals surface area contributed by atoms with Crippen molar-refractivity contribution in [1.82, 2.24) is 0 Å². The Morgan fingerprint density at radius 2 is 1.74 bits per heavy atom. The largest absolute Gasteiger partial charge is 0.508 e. The van der Waals surface area contributed by atoms with Crippen molar-refractivity contribution in [1.29, 1.82) is 0 Å². The standard InChI is InChI=1S/C15H12O4/c1-18-15-11-8-14(9-2-4-10(16)5-3-9)19-13(11)7-6-12(15)17/h2-8,16-17H,1H3. The molecule has 0 spiro atoms. The van der Waals surface area contributed by atoms with Gasteiger partial charge in [0.05, 0.1) is 12.5 Å². The zero-order valence-electron chi connectivity index (χ0n) is 10.3. The number of hydrogen-bond acceptors (Lipinski definition) is 4. The van der Waals surface area contributed by atoms with Crippen LogP contribution in [0, 0.1) is 0 Å². The quantitative estimate of drug-likeness (QED) is 0.736. The zero-order chi connectivity index (χ0) is 13.4. The van der Waals surface area contributed by atoms with E-state index in [0.29, 0.717) is 22.5 Å². The van der Waals surface area contributed by atoms with E-state index < -0.39 is 0 Å². The lowest BCUT2D eigenvalue weighted by Crippen LogP contribution is -1.83. The summed E-state index contributed by atoms with van der Waals surface area (Å²) in [6, 6.07) is 11.7. The second-order valence-corrected chi connectivity index (χ2v) is 4.19. The van der Waals surface area contributed by atoms with E-state index in [0.717, 1.165) is 5.56 Å². The highest BCUT2D eigenvalue weighted by Gasteiger charge is 2.13. The van der Waals surface area contributed by atoms with Crippen LogP contribution >= 0.6 is 0 Å². The molecule has 0 aliphatic rings. The van der Waals surface area contributed by atoms with Crippen molar-refractivity contribution >= 4 is 11.0 Å². The maximum absolute atomic E-state index is 9.73. The van der Waals surface area contributed by atoms with Crippen LogP contribution in [0.5, 0.6) is 17.2 Å². The van der Waals surface area contributed by atoms with Gasteiger partial charge < -0.3 is 19.4 Å². The van der Waals surface area contributed by atoms with Crippen LogP contribution in [0.1, 0.15) is 0 Å². The highest BCUT2D eigenvalue weighted by Crippen LogP contribution is 2.38. The van der Waals surface area contributed by atoms with Gasteiger partial charge in [-0.2, -0.15) is 0 Å². The predicted molar refractivity (Wildman–Crippen MR) is 71.5 cm³/mol. The van der Waals surface area contributed by atoms with Gasteiger partial charge in [0.2, 0.25) is 0 Å². The first-order chi connectivity index (χ1) is 9.19. The van der Waals surface area contributed by atoms with Gasteiger partial charge in [0.1, 0.15) is 17.1 Å². The van der Waals surface area contributed by atoms with E-state index in [4.69, 9.17) is 9.15 Å². The van der Waals surface area contributed by atoms with Gasteiger partial charge in [0.25, 0.3) is 0 Å². The molecule has 0 saturated carbocycles. The molecule has 0 radical (unpaired) electrons. The fourth-order valence-corrected chi connectivity index (χ4v) is 2.06. The smallest absolute Gasteiger partial charge is 0.171 e. The maximum atomic E-state index is 9.73. The van der Waals surface area contributed by atoms with Gasteiger partial charge in [0, 0.05) is 5.56 Å². The number of furan rings is 1. The molecule has 3 aromatic rings. The average Bonchev–Trinajstić information content (AvgIpc) is 2.83. The number of fused-ring (bicyclic) bond motifs is 1. The summed E-state index contributed by atoms with van der Waals surface area (Å²) >= 11 is 0. The Morgan fingerprint density at radius 1 is 1.00 bits per heavy atom. The van der Waals surface area contributed by atoms with E-state index in [2.05, 4.69) is 0 Å². The molecule has 1 aromatic heterocycles. The SMILES string of the molecule is COc1c(O)ccc2oc(-c3ccc(O)cc3)cc12. The zero-order valence-corrected chi connectivity index (χ0v) is 10.3.